The monoisotopic (exact) mass is 266 g/mol. The Morgan fingerprint density at radius 1 is 1.42 bits per heavy atom. The van der Waals surface area contributed by atoms with Gasteiger partial charge in [0.1, 0.15) is 0 Å². The van der Waals surface area contributed by atoms with Gasteiger partial charge < -0.3 is 20.1 Å². The lowest BCUT2D eigenvalue weighted by molar-refractivity contribution is -0.172. The summed E-state index contributed by atoms with van der Waals surface area (Å²) in [5.41, 5.74) is -0.261. The van der Waals surface area contributed by atoms with E-state index < -0.39 is 17.5 Å². The molecule has 0 unspecified atom stereocenters. The van der Waals surface area contributed by atoms with Crippen LogP contribution >= 0.6 is 0 Å². The van der Waals surface area contributed by atoms with Crippen molar-refractivity contribution >= 4 is 5.97 Å². The second-order valence-electron chi connectivity index (χ2n) is 4.93. The molecule has 1 fully saturated rings. The predicted molar refractivity (Wildman–Crippen MR) is 67.4 cm³/mol. The molecule has 104 valence electrons. The summed E-state index contributed by atoms with van der Waals surface area (Å²) in [6.45, 7) is -0.269. The largest absolute Gasteiger partial charge is 0.465 e. The van der Waals surface area contributed by atoms with Crippen molar-refractivity contribution in [2.24, 2.45) is 11.8 Å². The van der Waals surface area contributed by atoms with Crippen molar-refractivity contribution in [3.63, 3.8) is 0 Å². The lowest BCUT2D eigenvalue weighted by Crippen LogP contribution is -2.54. The highest BCUT2D eigenvalue weighted by atomic mass is 16.5. The summed E-state index contributed by atoms with van der Waals surface area (Å²) in [5, 5.41) is 29.1. The summed E-state index contributed by atoms with van der Waals surface area (Å²) >= 11 is 0. The SMILES string of the molecule is COC(=O)c1cccc([C@]2(O)C[C@H](CO)[C@H]2CO)c1. The van der Waals surface area contributed by atoms with Gasteiger partial charge in [0.15, 0.2) is 0 Å². The molecule has 19 heavy (non-hydrogen) atoms. The summed E-state index contributed by atoms with van der Waals surface area (Å²) in [4.78, 5) is 11.5. The molecule has 1 aliphatic carbocycles. The van der Waals surface area contributed by atoms with Crippen molar-refractivity contribution < 1.29 is 24.9 Å². The van der Waals surface area contributed by atoms with Crippen LogP contribution < -0.4 is 0 Å². The zero-order valence-electron chi connectivity index (χ0n) is 10.7. The molecule has 5 heteroatoms. The molecule has 0 saturated heterocycles. The van der Waals surface area contributed by atoms with Gasteiger partial charge in [-0.05, 0) is 30.0 Å². The molecular weight excluding hydrogens is 248 g/mol. The summed E-state index contributed by atoms with van der Waals surface area (Å²) in [6, 6.07) is 6.56. The number of carbonyl (C=O) groups is 1. The number of methoxy groups -OCH3 is 1. The molecule has 0 aliphatic heterocycles. The zero-order chi connectivity index (χ0) is 14.0. The maximum atomic E-state index is 11.5. The summed E-state index contributed by atoms with van der Waals surface area (Å²) in [5.74, 6) is -0.994. The first kappa shape index (κ1) is 14.0. The molecule has 0 aromatic heterocycles. The zero-order valence-corrected chi connectivity index (χ0v) is 10.7. The van der Waals surface area contributed by atoms with Crippen molar-refractivity contribution in [3.05, 3.63) is 35.4 Å². The Bertz CT molecular complexity index is 473. The minimum absolute atomic E-state index is 0.0652. The third-order valence-electron chi connectivity index (χ3n) is 3.97. The molecule has 0 amide bonds. The number of esters is 1. The Morgan fingerprint density at radius 3 is 2.74 bits per heavy atom. The first-order valence-corrected chi connectivity index (χ1v) is 6.19. The van der Waals surface area contributed by atoms with Gasteiger partial charge in [0, 0.05) is 19.1 Å². The van der Waals surface area contributed by atoms with Crippen LogP contribution in [0.2, 0.25) is 0 Å². The molecule has 3 atom stereocenters. The number of aliphatic hydroxyl groups excluding tert-OH is 2. The van der Waals surface area contributed by atoms with Gasteiger partial charge in [0.25, 0.3) is 0 Å². The maximum Gasteiger partial charge on any atom is 0.337 e. The van der Waals surface area contributed by atoms with Gasteiger partial charge in [0.05, 0.1) is 18.3 Å². The van der Waals surface area contributed by atoms with Gasteiger partial charge in [-0.3, -0.25) is 0 Å². The Labute approximate surface area is 111 Å². The van der Waals surface area contributed by atoms with Crippen molar-refractivity contribution in [3.8, 4) is 0 Å². The number of hydrogen-bond acceptors (Lipinski definition) is 5. The summed E-state index contributed by atoms with van der Waals surface area (Å²) in [7, 11) is 1.30. The third-order valence-corrected chi connectivity index (χ3v) is 3.97. The van der Waals surface area contributed by atoms with E-state index >= 15 is 0 Å². The third kappa shape index (κ3) is 2.25. The molecule has 0 heterocycles. The minimum Gasteiger partial charge on any atom is -0.465 e. The number of benzene rings is 1. The van der Waals surface area contributed by atoms with Crippen LogP contribution in [0.1, 0.15) is 22.3 Å². The molecule has 5 nitrogen and oxygen atoms in total. The Balaban J connectivity index is 2.29. The summed E-state index contributed by atoms with van der Waals surface area (Å²) in [6.07, 6.45) is 0.374. The maximum absolute atomic E-state index is 11.5. The molecule has 0 spiro atoms. The van der Waals surface area contributed by atoms with Gasteiger partial charge in [-0.2, -0.15) is 0 Å². The van der Waals surface area contributed by atoms with Gasteiger partial charge in [-0.25, -0.2) is 4.79 Å². The molecule has 2 rings (SSSR count). The van der Waals surface area contributed by atoms with Crippen LogP contribution in [0.3, 0.4) is 0 Å². The number of ether oxygens (including phenoxy) is 1. The second kappa shape index (κ2) is 5.28. The van der Waals surface area contributed by atoms with E-state index in [0.29, 0.717) is 17.5 Å². The van der Waals surface area contributed by atoms with Crippen LogP contribution in [-0.4, -0.2) is 41.6 Å². The van der Waals surface area contributed by atoms with Crippen LogP contribution in [0.25, 0.3) is 0 Å². The fraction of sp³-hybridized carbons (Fsp3) is 0.500. The normalized spacial score (nSPS) is 29.7. The predicted octanol–water partition coefficient (Wildman–Crippen LogP) is 0.281. The molecule has 1 saturated carbocycles. The summed E-state index contributed by atoms with van der Waals surface area (Å²) < 4.78 is 4.64. The van der Waals surface area contributed by atoms with Gasteiger partial charge in [-0.1, -0.05) is 12.1 Å². The van der Waals surface area contributed by atoms with Crippen LogP contribution in [0.4, 0.5) is 0 Å². The standard InChI is InChI=1S/C14H18O5/c1-19-13(17)9-3-2-4-11(5-9)14(18)6-10(7-15)12(14)8-16/h2-5,10,12,15-16,18H,6-8H2,1H3/t10-,12-,14-/m1/s1. The van der Waals surface area contributed by atoms with E-state index in [1.165, 1.54) is 7.11 Å². The van der Waals surface area contributed by atoms with E-state index in [1.54, 1.807) is 24.3 Å². The molecule has 0 bridgehead atoms. The molecule has 1 aromatic carbocycles. The molecular formula is C14H18O5. The minimum atomic E-state index is -1.19. The van der Waals surface area contributed by atoms with E-state index in [1.807, 2.05) is 0 Å². The van der Waals surface area contributed by atoms with E-state index in [4.69, 9.17) is 5.11 Å². The van der Waals surface area contributed by atoms with Crippen LogP contribution in [0.5, 0.6) is 0 Å². The number of hydrogen-bond donors (Lipinski definition) is 3. The molecule has 3 N–H and O–H groups in total. The van der Waals surface area contributed by atoms with Crippen molar-refractivity contribution in [2.45, 2.75) is 12.0 Å². The van der Waals surface area contributed by atoms with Crippen LogP contribution in [0, 0.1) is 11.8 Å². The quantitative estimate of drug-likeness (QED) is 0.681. The first-order chi connectivity index (χ1) is 9.06. The molecule has 1 aliphatic rings. The van der Waals surface area contributed by atoms with E-state index in [9.17, 15) is 15.0 Å². The first-order valence-electron chi connectivity index (χ1n) is 6.19. The van der Waals surface area contributed by atoms with Crippen LogP contribution in [-0.2, 0) is 10.3 Å². The Hall–Kier alpha value is -1.43. The van der Waals surface area contributed by atoms with Crippen molar-refractivity contribution in [2.75, 3.05) is 20.3 Å². The fourth-order valence-electron chi connectivity index (χ4n) is 2.78. The van der Waals surface area contributed by atoms with Crippen molar-refractivity contribution in [1.29, 1.82) is 0 Å². The van der Waals surface area contributed by atoms with E-state index in [0.717, 1.165) is 0 Å². The molecule has 0 radical (unpaired) electrons. The lowest BCUT2D eigenvalue weighted by Gasteiger charge is -2.51. The lowest BCUT2D eigenvalue weighted by atomic mass is 9.59. The van der Waals surface area contributed by atoms with E-state index in [-0.39, 0.29) is 19.1 Å². The van der Waals surface area contributed by atoms with Gasteiger partial charge in [-0.15, -0.1) is 0 Å². The van der Waals surface area contributed by atoms with Gasteiger partial charge >= 0.3 is 5.97 Å². The second-order valence-corrected chi connectivity index (χ2v) is 4.93. The number of carbonyl (C=O) groups excluding carboxylic acids is 1. The smallest absolute Gasteiger partial charge is 0.337 e. The average molecular weight is 266 g/mol. The Morgan fingerprint density at radius 2 is 2.16 bits per heavy atom. The highest BCUT2D eigenvalue weighted by Gasteiger charge is 2.53. The highest BCUT2D eigenvalue weighted by Crippen LogP contribution is 2.50. The van der Waals surface area contributed by atoms with Crippen LogP contribution in [0.15, 0.2) is 24.3 Å². The van der Waals surface area contributed by atoms with E-state index in [2.05, 4.69) is 4.74 Å². The van der Waals surface area contributed by atoms with Gasteiger partial charge in [0.2, 0.25) is 0 Å². The number of rotatable bonds is 4. The Kier molecular flexibility index (Phi) is 3.89. The molecule has 1 aromatic rings. The topological polar surface area (TPSA) is 87.0 Å². The van der Waals surface area contributed by atoms with Crippen molar-refractivity contribution in [1.82, 2.24) is 0 Å². The average Bonchev–Trinajstić information content (AvgIpc) is 2.44. The number of aliphatic hydroxyl groups is 3. The highest BCUT2D eigenvalue weighted by molar-refractivity contribution is 5.89. The fourth-order valence-corrected chi connectivity index (χ4v) is 2.78.